The molecular formula is C10H10N2O5. The Balaban J connectivity index is 3.25. The predicted molar refractivity (Wildman–Crippen MR) is 57.3 cm³/mol. The maximum absolute atomic E-state index is 11.4. The van der Waals surface area contributed by atoms with E-state index in [-0.39, 0.29) is 17.7 Å². The van der Waals surface area contributed by atoms with Gasteiger partial charge in [-0.25, -0.2) is 4.79 Å². The van der Waals surface area contributed by atoms with Gasteiger partial charge in [0.2, 0.25) is 5.91 Å². The van der Waals surface area contributed by atoms with Crippen LogP contribution in [-0.2, 0) is 16.0 Å². The number of nitro groups is 1. The summed E-state index contributed by atoms with van der Waals surface area (Å²) < 4.78 is 4.48. The van der Waals surface area contributed by atoms with Gasteiger partial charge in [0.05, 0.1) is 24.0 Å². The van der Waals surface area contributed by atoms with E-state index < -0.39 is 16.8 Å². The average molecular weight is 238 g/mol. The third kappa shape index (κ3) is 3.00. The molecule has 90 valence electrons. The molecule has 1 amide bonds. The second-order valence-electron chi connectivity index (χ2n) is 3.23. The van der Waals surface area contributed by atoms with E-state index in [1.165, 1.54) is 12.1 Å². The Labute approximate surface area is 96.3 Å². The Kier molecular flexibility index (Phi) is 3.76. The maximum Gasteiger partial charge on any atom is 0.338 e. The SMILES string of the molecule is COC(=O)c1cc([N+](=O)[O-])ccc1CC(N)=O. The first-order valence-electron chi connectivity index (χ1n) is 4.59. The van der Waals surface area contributed by atoms with Crippen molar-refractivity contribution < 1.29 is 19.2 Å². The minimum atomic E-state index is -0.745. The summed E-state index contributed by atoms with van der Waals surface area (Å²) in [5.41, 5.74) is 5.03. The molecule has 0 aliphatic heterocycles. The second kappa shape index (κ2) is 5.06. The monoisotopic (exact) mass is 238 g/mol. The fraction of sp³-hybridized carbons (Fsp3) is 0.200. The van der Waals surface area contributed by atoms with Crippen molar-refractivity contribution in [3.05, 3.63) is 39.4 Å². The molecule has 0 saturated heterocycles. The molecule has 0 spiro atoms. The van der Waals surface area contributed by atoms with Crippen molar-refractivity contribution >= 4 is 17.6 Å². The Hall–Kier alpha value is -2.44. The summed E-state index contributed by atoms with van der Waals surface area (Å²) in [6.45, 7) is 0. The number of nitrogens with zero attached hydrogens (tertiary/aromatic N) is 1. The Bertz CT molecular complexity index is 484. The normalized spacial score (nSPS) is 9.71. The number of carbonyl (C=O) groups is 2. The van der Waals surface area contributed by atoms with Crippen LogP contribution in [0.2, 0.25) is 0 Å². The summed E-state index contributed by atoms with van der Waals surface area (Å²) in [6.07, 6.45) is -0.178. The second-order valence-corrected chi connectivity index (χ2v) is 3.23. The Morgan fingerprint density at radius 2 is 2.12 bits per heavy atom. The van der Waals surface area contributed by atoms with Crippen molar-refractivity contribution in [3.63, 3.8) is 0 Å². The molecule has 2 N–H and O–H groups in total. The van der Waals surface area contributed by atoms with E-state index in [4.69, 9.17) is 5.73 Å². The molecule has 1 rings (SSSR count). The fourth-order valence-corrected chi connectivity index (χ4v) is 1.32. The molecule has 0 aromatic heterocycles. The van der Waals surface area contributed by atoms with Crippen LogP contribution in [0.1, 0.15) is 15.9 Å². The van der Waals surface area contributed by atoms with Gasteiger partial charge in [0.1, 0.15) is 0 Å². The molecule has 0 aliphatic rings. The van der Waals surface area contributed by atoms with Crippen LogP contribution in [0.15, 0.2) is 18.2 Å². The molecule has 0 unspecified atom stereocenters. The van der Waals surface area contributed by atoms with Crippen LogP contribution in [0.5, 0.6) is 0 Å². The average Bonchev–Trinajstić information content (AvgIpc) is 2.27. The topological polar surface area (TPSA) is 113 Å². The number of nitrogens with two attached hydrogens (primary N) is 1. The third-order valence-electron chi connectivity index (χ3n) is 2.07. The van der Waals surface area contributed by atoms with E-state index in [9.17, 15) is 19.7 Å². The Morgan fingerprint density at radius 1 is 1.47 bits per heavy atom. The lowest BCUT2D eigenvalue weighted by Gasteiger charge is -2.05. The molecule has 7 nitrogen and oxygen atoms in total. The van der Waals surface area contributed by atoms with Gasteiger partial charge in [-0.15, -0.1) is 0 Å². The largest absolute Gasteiger partial charge is 0.465 e. The van der Waals surface area contributed by atoms with Crippen molar-refractivity contribution in [1.82, 2.24) is 0 Å². The molecule has 0 aliphatic carbocycles. The van der Waals surface area contributed by atoms with E-state index >= 15 is 0 Å². The quantitative estimate of drug-likeness (QED) is 0.463. The fourth-order valence-electron chi connectivity index (χ4n) is 1.32. The van der Waals surface area contributed by atoms with Crippen LogP contribution < -0.4 is 5.73 Å². The number of methoxy groups -OCH3 is 1. The first-order valence-corrected chi connectivity index (χ1v) is 4.59. The molecule has 17 heavy (non-hydrogen) atoms. The molecule has 0 heterocycles. The number of nitro benzene ring substituents is 1. The van der Waals surface area contributed by atoms with Gasteiger partial charge in [0.15, 0.2) is 0 Å². The zero-order valence-electron chi connectivity index (χ0n) is 9.00. The molecule has 0 atom stereocenters. The van der Waals surface area contributed by atoms with Crippen molar-refractivity contribution in [2.75, 3.05) is 7.11 Å². The molecule has 0 saturated carbocycles. The van der Waals surface area contributed by atoms with E-state index in [2.05, 4.69) is 4.74 Å². The molecular weight excluding hydrogens is 228 g/mol. The van der Waals surface area contributed by atoms with E-state index in [1.807, 2.05) is 0 Å². The number of carbonyl (C=O) groups excluding carboxylic acids is 2. The van der Waals surface area contributed by atoms with E-state index in [1.54, 1.807) is 0 Å². The summed E-state index contributed by atoms with van der Waals surface area (Å²) in [6, 6.07) is 3.57. The number of hydrogen-bond acceptors (Lipinski definition) is 5. The molecule has 0 fully saturated rings. The van der Waals surface area contributed by atoms with Crippen LogP contribution in [0.3, 0.4) is 0 Å². The summed E-state index contributed by atoms with van der Waals surface area (Å²) >= 11 is 0. The molecule has 1 aromatic carbocycles. The van der Waals surface area contributed by atoms with Crippen LogP contribution in [-0.4, -0.2) is 23.9 Å². The lowest BCUT2D eigenvalue weighted by Crippen LogP contribution is -2.16. The highest BCUT2D eigenvalue weighted by Gasteiger charge is 2.17. The van der Waals surface area contributed by atoms with Crippen molar-refractivity contribution in [1.29, 1.82) is 0 Å². The van der Waals surface area contributed by atoms with Gasteiger partial charge >= 0.3 is 5.97 Å². The van der Waals surface area contributed by atoms with Crippen molar-refractivity contribution in [2.45, 2.75) is 6.42 Å². The standard InChI is InChI=1S/C10H10N2O5/c1-17-10(14)8-5-7(12(15)16)3-2-6(8)4-9(11)13/h2-3,5H,4H2,1H3,(H2,11,13). The first kappa shape index (κ1) is 12.6. The lowest BCUT2D eigenvalue weighted by molar-refractivity contribution is -0.384. The van der Waals surface area contributed by atoms with Gasteiger partial charge in [-0.3, -0.25) is 14.9 Å². The zero-order valence-corrected chi connectivity index (χ0v) is 9.00. The number of primary amides is 1. The third-order valence-corrected chi connectivity index (χ3v) is 2.07. The molecule has 0 radical (unpaired) electrons. The minimum Gasteiger partial charge on any atom is -0.465 e. The van der Waals surface area contributed by atoms with E-state index in [0.29, 0.717) is 5.56 Å². The highest BCUT2D eigenvalue weighted by atomic mass is 16.6. The maximum atomic E-state index is 11.4. The zero-order chi connectivity index (χ0) is 13.0. The molecule has 7 heteroatoms. The van der Waals surface area contributed by atoms with Crippen molar-refractivity contribution in [2.24, 2.45) is 5.73 Å². The minimum absolute atomic E-state index is 0.0273. The number of amides is 1. The van der Waals surface area contributed by atoms with Crippen LogP contribution in [0, 0.1) is 10.1 Å². The molecule has 1 aromatic rings. The van der Waals surface area contributed by atoms with Gasteiger partial charge in [-0.1, -0.05) is 6.07 Å². The summed E-state index contributed by atoms with van der Waals surface area (Å²) in [4.78, 5) is 32.1. The van der Waals surface area contributed by atoms with Gasteiger partial charge in [0, 0.05) is 12.1 Å². The highest BCUT2D eigenvalue weighted by Crippen LogP contribution is 2.19. The van der Waals surface area contributed by atoms with Crippen LogP contribution in [0.25, 0.3) is 0 Å². The molecule has 0 bridgehead atoms. The number of ether oxygens (including phenoxy) is 1. The van der Waals surface area contributed by atoms with Crippen LogP contribution in [0.4, 0.5) is 5.69 Å². The smallest absolute Gasteiger partial charge is 0.338 e. The summed E-state index contributed by atoms with van der Waals surface area (Å²) in [5, 5.41) is 10.6. The Morgan fingerprint density at radius 3 is 2.59 bits per heavy atom. The van der Waals surface area contributed by atoms with Gasteiger partial charge in [-0.2, -0.15) is 0 Å². The van der Waals surface area contributed by atoms with Crippen molar-refractivity contribution in [3.8, 4) is 0 Å². The van der Waals surface area contributed by atoms with Gasteiger partial charge < -0.3 is 10.5 Å². The summed E-state index contributed by atoms with van der Waals surface area (Å²) in [7, 11) is 1.15. The van der Waals surface area contributed by atoms with Gasteiger partial charge in [-0.05, 0) is 5.56 Å². The highest BCUT2D eigenvalue weighted by molar-refractivity contribution is 5.93. The lowest BCUT2D eigenvalue weighted by atomic mass is 10.0. The number of rotatable bonds is 4. The number of hydrogen-bond donors (Lipinski definition) is 1. The van der Waals surface area contributed by atoms with Crippen LogP contribution >= 0.6 is 0 Å². The number of non-ortho nitro benzene ring substituents is 1. The number of esters is 1. The predicted octanol–water partition coefficient (Wildman–Crippen LogP) is 0.409. The first-order chi connectivity index (χ1) is 7.95. The summed E-state index contributed by atoms with van der Waals surface area (Å²) in [5.74, 6) is -1.38. The number of benzene rings is 1. The van der Waals surface area contributed by atoms with E-state index in [0.717, 1.165) is 13.2 Å². The van der Waals surface area contributed by atoms with Gasteiger partial charge in [0.25, 0.3) is 5.69 Å².